The lowest BCUT2D eigenvalue weighted by Gasteiger charge is -2.46. The molecule has 0 bridgehead atoms. The van der Waals surface area contributed by atoms with Crippen molar-refractivity contribution in [2.75, 3.05) is 26.2 Å². The van der Waals surface area contributed by atoms with Gasteiger partial charge in [0.05, 0.1) is 25.3 Å². The molecule has 2 saturated heterocycles. The predicted octanol–water partition coefficient (Wildman–Crippen LogP) is 1.27. The normalized spacial score (nSPS) is 24.9. The van der Waals surface area contributed by atoms with Gasteiger partial charge in [-0.2, -0.15) is 5.26 Å². The lowest BCUT2D eigenvalue weighted by Crippen LogP contribution is -2.70. The van der Waals surface area contributed by atoms with Gasteiger partial charge in [0.2, 0.25) is 0 Å². The summed E-state index contributed by atoms with van der Waals surface area (Å²) >= 11 is 0. The molecule has 1 amide bonds. The van der Waals surface area contributed by atoms with Crippen LogP contribution < -0.4 is 5.32 Å². The van der Waals surface area contributed by atoms with E-state index < -0.39 is 11.1 Å². The van der Waals surface area contributed by atoms with E-state index in [9.17, 15) is 10.1 Å². The van der Waals surface area contributed by atoms with Crippen LogP contribution in [0.5, 0.6) is 0 Å². The van der Waals surface area contributed by atoms with Crippen LogP contribution in [0.3, 0.4) is 0 Å². The fraction of sp³-hybridized carbons (Fsp3) is 0.857. The lowest BCUT2D eigenvalue weighted by atomic mass is 9.91. The molecule has 2 fully saturated rings. The quantitative estimate of drug-likeness (QED) is 0.843. The minimum atomic E-state index is -0.650. The fourth-order valence-electron chi connectivity index (χ4n) is 2.40. The zero-order valence-electron chi connectivity index (χ0n) is 12.4. The molecule has 0 saturated carbocycles. The summed E-state index contributed by atoms with van der Waals surface area (Å²) in [4.78, 5) is 13.4. The molecule has 2 heterocycles. The fourth-order valence-corrected chi connectivity index (χ4v) is 2.40. The van der Waals surface area contributed by atoms with Gasteiger partial charge < -0.3 is 14.4 Å². The number of nitriles is 1. The van der Waals surface area contributed by atoms with Crippen molar-refractivity contribution in [2.24, 2.45) is 0 Å². The zero-order valence-corrected chi connectivity index (χ0v) is 12.4. The molecule has 6 nitrogen and oxygen atoms in total. The Bertz CT molecular complexity index is 399. The zero-order chi connectivity index (χ0) is 14.8. The van der Waals surface area contributed by atoms with E-state index >= 15 is 0 Å². The van der Waals surface area contributed by atoms with Crippen LogP contribution in [-0.2, 0) is 9.47 Å². The Morgan fingerprint density at radius 1 is 1.55 bits per heavy atom. The Balaban J connectivity index is 1.78. The summed E-state index contributed by atoms with van der Waals surface area (Å²) < 4.78 is 10.8. The highest BCUT2D eigenvalue weighted by Gasteiger charge is 2.47. The number of amides is 1. The number of nitrogens with one attached hydrogen (secondary N) is 1. The van der Waals surface area contributed by atoms with Crippen LogP contribution >= 0.6 is 0 Å². The second-order valence-corrected chi connectivity index (χ2v) is 6.55. The minimum Gasteiger partial charge on any atom is -0.444 e. The second-order valence-electron chi connectivity index (χ2n) is 6.55. The van der Waals surface area contributed by atoms with Crippen LogP contribution in [0.15, 0.2) is 0 Å². The molecule has 6 heteroatoms. The minimum absolute atomic E-state index is 0.191. The van der Waals surface area contributed by atoms with E-state index in [1.54, 1.807) is 4.90 Å². The number of likely N-dealkylation sites (tertiary alicyclic amines) is 1. The number of ether oxygens (including phenoxy) is 2. The van der Waals surface area contributed by atoms with Crippen LogP contribution in [0, 0.1) is 11.3 Å². The Kier molecular flexibility index (Phi) is 4.21. The first-order valence-corrected chi connectivity index (χ1v) is 7.09. The highest BCUT2D eigenvalue weighted by Crippen LogP contribution is 2.23. The van der Waals surface area contributed by atoms with Gasteiger partial charge in [0.15, 0.2) is 0 Å². The highest BCUT2D eigenvalue weighted by atomic mass is 16.6. The van der Waals surface area contributed by atoms with Gasteiger partial charge in [-0.3, -0.25) is 5.32 Å². The Morgan fingerprint density at radius 2 is 2.25 bits per heavy atom. The molecule has 0 aliphatic carbocycles. The third-order valence-electron chi connectivity index (χ3n) is 3.48. The van der Waals surface area contributed by atoms with Crippen LogP contribution in [0.2, 0.25) is 0 Å². The average Bonchev–Trinajstić information content (AvgIpc) is 2.78. The molecular formula is C14H23N3O3. The molecule has 0 aromatic carbocycles. The van der Waals surface area contributed by atoms with E-state index in [0.29, 0.717) is 19.6 Å². The summed E-state index contributed by atoms with van der Waals surface area (Å²) in [5.74, 6) is 0. The maximum atomic E-state index is 11.8. The molecule has 0 radical (unpaired) electrons. The van der Waals surface area contributed by atoms with Crippen LogP contribution in [0.4, 0.5) is 4.79 Å². The molecule has 2 aliphatic rings. The summed E-state index contributed by atoms with van der Waals surface area (Å²) in [6, 6.07) is 2.27. The van der Waals surface area contributed by atoms with E-state index in [1.807, 2.05) is 20.8 Å². The van der Waals surface area contributed by atoms with Crippen LogP contribution in [0.1, 0.15) is 33.6 Å². The number of rotatable bonds is 3. The number of hydrogen-bond acceptors (Lipinski definition) is 5. The molecule has 0 aromatic rings. The third-order valence-corrected chi connectivity index (χ3v) is 3.48. The van der Waals surface area contributed by atoms with E-state index in [1.165, 1.54) is 0 Å². The van der Waals surface area contributed by atoms with Crippen LogP contribution in [0.25, 0.3) is 0 Å². The van der Waals surface area contributed by atoms with Crippen molar-refractivity contribution >= 4 is 6.09 Å². The van der Waals surface area contributed by atoms with Crippen molar-refractivity contribution in [3.63, 3.8) is 0 Å². The van der Waals surface area contributed by atoms with E-state index in [-0.39, 0.29) is 12.2 Å². The molecule has 1 atom stereocenters. The van der Waals surface area contributed by atoms with E-state index in [4.69, 9.17) is 9.47 Å². The summed E-state index contributed by atoms with van der Waals surface area (Å²) in [7, 11) is 0. The van der Waals surface area contributed by atoms with Crippen LogP contribution in [-0.4, -0.2) is 54.5 Å². The second kappa shape index (κ2) is 5.58. The maximum absolute atomic E-state index is 11.8. The summed E-state index contributed by atoms with van der Waals surface area (Å²) in [5, 5.41) is 12.5. The lowest BCUT2D eigenvalue weighted by molar-refractivity contribution is -0.00734. The van der Waals surface area contributed by atoms with Crippen molar-refractivity contribution in [3.05, 3.63) is 0 Å². The van der Waals surface area contributed by atoms with Gasteiger partial charge in [0.1, 0.15) is 11.1 Å². The smallest absolute Gasteiger partial charge is 0.410 e. The van der Waals surface area contributed by atoms with Gasteiger partial charge in [-0.1, -0.05) is 0 Å². The molecule has 2 aliphatic heterocycles. The Morgan fingerprint density at radius 3 is 2.75 bits per heavy atom. The molecule has 0 aromatic heterocycles. The first-order chi connectivity index (χ1) is 9.34. The summed E-state index contributed by atoms with van der Waals surface area (Å²) in [6.45, 7) is 7.69. The standard InChI is InChI=1S/C14H23N3O3/c1-13(2,3)20-12(18)17-9-14(8-15,10-17)16-7-11-5-4-6-19-11/h11,16H,4-7,9-10H2,1-3H3. The SMILES string of the molecule is CC(C)(C)OC(=O)N1CC(C#N)(NCC2CCCO2)C1. The molecular weight excluding hydrogens is 258 g/mol. The van der Waals surface area contributed by atoms with Crippen molar-refractivity contribution in [1.29, 1.82) is 5.26 Å². The van der Waals surface area contributed by atoms with Gasteiger partial charge in [-0.15, -0.1) is 0 Å². The Labute approximate surface area is 120 Å². The first kappa shape index (κ1) is 15.1. The average molecular weight is 281 g/mol. The highest BCUT2D eigenvalue weighted by molar-refractivity contribution is 5.70. The molecule has 20 heavy (non-hydrogen) atoms. The maximum Gasteiger partial charge on any atom is 0.410 e. The Hall–Kier alpha value is -1.32. The molecule has 0 spiro atoms. The molecule has 1 unspecified atom stereocenters. The van der Waals surface area contributed by atoms with Crippen molar-refractivity contribution in [3.8, 4) is 6.07 Å². The van der Waals surface area contributed by atoms with Crippen molar-refractivity contribution in [2.45, 2.75) is 50.9 Å². The van der Waals surface area contributed by atoms with E-state index in [2.05, 4.69) is 11.4 Å². The van der Waals surface area contributed by atoms with Crippen molar-refractivity contribution in [1.82, 2.24) is 10.2 Å². The third kappa shape index (κ3) is 3.62. The largest absolute Gasteiger partial charge is 0.444 e. The van der Waals surface area contributed by atoms with Gasteiger partial charge in [-0.05, 0) is 33.6 Å². The van der Waals surface area contributed by atoms with Gasteiger partial charge in [0, 0.05) is 13.2 Å². The molecule has 1 N–H and O–H groups in total. The topological polar surface area (TPSA) is 74.6 Å². The van der Waals surface area contributed by atoms with Gasteiger partial charge >= 0.3 is 6.09 Å². The van der Waals surface area contributed by atoms with Gasteiger partial charge in [-0.25, -0.2) is 4.79 Å². The number of carbonyl (C=O) groups is 1. The predicted molar refractivity (Wildman–Crippen MR) is 73.1 cm³/mol. The monoisotopic (exact) mass is 281 g/mol. The van der Waals surface area contributed by atoms with Crippen molar-refractivity contribution < 1.29 is 14.3 Å². The molecule has 2 rings (SSSR count). The number of hydrogen-bond donors (Lipinski definition) is 1. The first-order valence-electron chi connectivity index (χ1n) is 7.09. The summed E-state index contributed by atoms with van der Waals surface area (Å²) in [5.41, 5.74) is -1.16. The van der Waals surface area contributed by atoms with E-state index in [0.717, 1.165) is 19.4 Å². The number of nitrogens with zero attached hydrogens (tertiary/aromatic N) is 2. The van der Waals surface area contributed by atoms with Gasteiger partial charge in [0.25, 0.3) is 0 Å². The summed E-state index contributed by atoms with van der Waals surface area (Å²) in [6.07, 6.45) is 1.94. The molecule has 112 valence electrons. The number of carbonyl (C=O) groups excluding carboxylic acids is 1.